The summed E-state index contributed by atoms with van der Waals surface area (Å²) in [6, 6.07) is 11.6. The minimum Gasteiger partial charge on any atom is -0.459 e. The van der Waals surface area contributed by atoms with Gasteiger partial charge in [-0.25, -0.2) is 0 Å². The lowest BCUT2D eigenvalue weighted by Crippen LogP contribution is -2.64. The number of hydrogen-bond donors (Lipinski definition) is 1. The SMILES string of the molecule is C=C(C)C1N(CC(=O)OC(C)(C)C)C(=O)CC(c2cccc(Cl)c2)C12C(=O)Nc1cc(Cl)ccc12. The molecule has 6 nitrogen and oxygen atoms in total. The Hall–Kier alpha value is -2.83. The molecule has 8 heteroatoms. The molecule has 1 fully saturated rings. The molecule has 2 aliphatic heterocycles. The van der Waals surface area contributed by atoms with E-state index in [1.54, 1.807) is 58.0 Å². The monoisotopic (exact) mass is 514 g/mol. The molecule has 0 aliphatic carbocycles. The number of piperidine rings is 1. The molecule has 0 radical (unpaired) electrons. The average molecular weight is 515 g/mol. The van der Waals surface area contributed by atoms with E-state index in [1.165, 1.54) is 4.90 Å². The van der Waals surface area contributed by atoms with Gasteiger partial charge in [0.2, 0.25) is 11.8 Å². The highest BCUT2D eigenvalue weighted by molar-refractivity contribution is 6.31. The number of carbonyl (C=O) groups excluding carboxylic acids is 3. The van der Waals surface area contributed by atoms with Gasteiger partial charge in [-0.1, -0.05) is 53.6 Å². The van der Waals surface area contributed by atoms with Crippen LogP contribution in [0, 0.1) is 0 Å². The molecule has 2 amide bonds. The van der Waals surface area contributed by atoms with Crippen molar-refractivity contribution in [1.29, 1.82) is 0 Å². The summed E-state index contributed by atoms with van der Waals surface area (Å²) in [6.07, 6.45) is 0.00239. The summed E-state index contributed by atoms with van der Waals surface area (Å²) < 4.78 is 5.51. The molecular weight excluding hydrogens is 487 g/mol. The molecule has 2 aliphatic rings. The maximum Gasteiger partial charge on any atom is 0.326 e. The summed E-state index contributed by atoms with van der Waals surface area (Å²) in [5.41, 5.74) is 0.647. The van der Waals surface area contributed by atoms with Crippen molar-refractivity contribution in [1.82, 2.24) is 4.90 Å². The predicted molar refractivity (Wildman–Crippen MR) is 137 cm³/mol. The molecule has 3 unspecified atom stereocenters. The van der Waals surface area contributed by atoms with E-state index in [2.05, 4.69) is 11.9 Å². The summed E-state index contributed by atoms with van der Waals surface area (Å²) >= 11 is 12.6. The second kappa shape index (κ2) is 8.99. The molecule has 2 heterocycles. The van der Waals surface area contributed by atoms with Gasteiger partial charge < -0.3 is 15.0 Å². The van der Waals surface area contributed by atoms with Gasteiger partial charge in [0.15, 0.2) is 0 Å². The number of benzene rings is 2. The lowest BCUT2D eigenvalue weighted by molar-refractivity contribution is -0.163. The third kappa shape index (κ3) is 4.45. The zero-order valence-electron chi connectivity index (χ0n) is 20.2. The molecule has 2 aromatic carbocycles. The smallest absolute Gasteiger partial charge is 0.326 e. The average Bonchev–Trinajstić information content (AvgIpc) is 3.00. The summed E-state index contributed by atoms with van der Waals surface area (Å²) in [5, 5.41) is 3.95. The Bertz CT molecular complexity index is 1240. The first-order valence-electron chi connectivity index (χ1n) is 11.4. The number of nitrogens with zero attached hydrogens (tertiary/aromatic N) is 1. The summed E-state index contributed by atoms with van der Waals surface area (Å²) in [6.45, 7) is 10.9. The van der Waals surface area contributed by atoms with Crippen LogP contribution in [0.15, 0.2) is 54.6 Å². The van der Waals surface area contributed by atoms with E-state index in [9.17, 15) is 14.4 Å². The Kier molecular flexibility index (Phi) is 6.49. The molecule has 0 saturated carbocycles. The van der Waals surface area contributed by atoms with Crippen molar-refractivity contribution in [2.75, 3.05) is 11.9 Å². The fourth-order valence-electron chi connectivity index (χ4n) is 5.43. The van der Waals surface area contributed by atoms with E-state index in [0.29, 0.717) is 26.9 Å². The predicted octanol–water partition coefficient (Wildman–Crippen LogP) is 5.49. The second-order valence-corrected chi connectivity index (χ2v) is 11.1. The standard InChI is InChI=1S/C27H28Cl2N2O4/c1-15(2)24-27(19-10-9-18(29)12-21(19)30-25(27)34)20(16-7-6-8-17(28)11-16)13-22(32)31(24)14-23(33)35-26(3,4)5/h6-12,20,24H,1,13-14H2,2-5H3,(H,30,34). The largest absolute Gasteiger partial charge is 0.459 e. The van der Waals surface area contributed by atoms with Gasteiger partial charge >= 0.3 is 5.97 Å². The zero-order valence-corrected chi connectivity index (χ0v) is 21.7. The topological polar surface area (TPSA) is 75.7 Å². The van der Waals surface area contributed by atoms with Crippen molar-refractivity contribution in [3.63, 3.8) is 0 Å². The van der Waals surface area contributed by atoms with Crippen molar-refractivity contribution < 1.29 is 19.1 Å². The number of likely N-dealkylation sites (tertiary alicyclic amines) is 1. The van der Waals surface area contributed by atoms with Gasteiger partial charge in [-0.15, -0.1) is 0 Å². The van der Waals surface area contributed by atoms with Crippen LogP contribution in [0.1, 0.15) is 51.2 Å². The summed E-state index contributed by atoms with van der Waals surface area (Å²) in [4.78, 5) is 41.8. The van der Waals surface area contributed by atoms with Crippen molar-refractivity contribution in [2.45, 2.75) is 57.1 Å². The molecule has 35 heavy (non-hydrogen) atoms. The molecule has 184 valence electrons. The number of fused-ring (bicyclic) bond motifs is 2. The minimum atomic E-state index is -1.24. The first-order valence-corrected chi connectivity index (χ1v) is 12.1. The van der Waals surface area contributed by atoms with E-state index in [0.717, 1.165) is 5.56 Å². The van der Waals surface area contributed by atoms with Crippen molar-refractivity contribution >= 4 is 46.7 Å². The summed E-state index contributed by atoms with van der Waals surface area (Å²) in [5.74, 6) is -1.65. The van der Waals surface area contributed by atoms with Crippen LogP contribution in [0.2, 0.25) is 10.0 Å². The number of anilines is 1. The van der Waals surface area contributed by atoms with Crippen LogP contribution >= 0.6 is 23.2 Å². The Labute approximate surface area is 215 Å². The molecule has 2 aromatic rings. The zero-order chi connectivity index (χ0) is 25.7. The maximum atomic E-state index is 14.0. The lowest BCUT2D eigenvalue weighted by atomic mass is 9.58. The minimum absolute atomic E-state index is 0.00239. The number of esters is 1. The van der Waals surface area contributed by atoms with E-state index >= 15 is 0 Å². The molecule has 1 spiro atoms. The van der Waals surface area contributed by atoms with E-state index < -0.39 is 28.9 Å². The lowest BCUT2D eigenvalue weighted by Gasteiger charge is -2.51. The van der Waals surface area contributed by atoms with Crippen LogP contribution in [-0.2, 0) is 24.5 Å². The fourth-order valence-corrected chi connectivity index (χ4v) is 5.80. The highest BCUT2D eigenvalue weighted by atomic mass is 35.5. The third-order valence-electron chi connectivity index (χ3n) is 6.48. The van der Waals surface area contributed by atoms with Gasteiger partial charge in [-0.2, -0.15) is 0 Å². The molecule has 1 N–H and O–H groups in total. The number of nitrogens with one attached hydrogen (secondary N) is 1. The number of halogens is 2. The summed E-state index contributed by atoms with van der Waals surface area (Å²) in [7, 11) is 0. The van der Waals surface area contributed by atoms with Crippen molar-refractivity contribution in [2.24, 2.45) is 0 Å². The molecule has 0 bridgehead atoms. The van der Waals surface area contributed by atoms with Crippen LogP contribution in [0.25, 0.3) is 0 Å². The maximum absolute atomic E-state index is 14.0. The highest BCUT2D eigenvalue weighted by Gasteiger charge is 2.63. The van der Waals surface area contributed by atoms with Crippen molar-refractivity contribution in [3.8, 4) is 0 Å². The third-order valence-corrected chi connectivity index (χ3v) is 6.95. The van der Waals surface area contributed by atoms with Gasteiger partial charge in [0.05, 0.1) is 6.04 Å². The van der Waals surface area contributed by atoms with E-state index in [1.807, 2.05) is 12.1 Å². The van der Waals surface area contributed by atoms with Crippen molar-refractivity contribution in [3.05, 3.63) is 75.8 Å². The number of amides is 2. The normalized spacial score (nSPS) is 23.8. The number of ether oxygens (including phenoxy) is 1. The van der Waals surface area contributed by atoms with Crippen LogP contribution < -0.4 is 5.32 Å². The number of rotatable bonds is 4. The Balaban J connectivity index is 1.93. The molecule has 4 rings (SSSR count). The van der Waals surface area contributed by atoms with Gasteiger partial charge in [-0.3, -0.25) is 14.4 Å². The van der Waals surface area contributed by atoms with Crippen LogP contribution in [-0.4, -0.2) is 40.9 Å². The van der Waals surface area contributed by atoms with Gasteiger partial charge in [0.1, 0.15) is 17.6 Å². The van der Waals surface area contributed by atoms with Crippen LogP contribution in [0.5, 0.6) is 0 Å². The highest BCUT2D eigenvalue weighted by Crippen LogP contribution is 2.56. The Morgan fingerprint density at radius 1 is 1.17 bits per heavy atom. The van der Waals surface area contributed by atoms with E-state index in [-0.39, 0.29) is 24.8 Å². The Morgan fingerprint density at radius 3 is 2.49 bits per heavy atom. The Morgan fingerprint density at radius 2 is 1.86 bits per heavy atom. The quantitative estimate of drug-likeness (QED) is 0.432. The second-order valence-electron chi connectivity index (χ2n) is 10.2. The van der Waals surface area contributed by atoms with Gasteiger partial charge in [0, 0.05) is 28.1 Å². The molecule has 3 atom stereocenters. The van der Waals surface area contributed by atoms with Crippen LogP contribution in [0.3, 0.4) is 0 Å². The van der Waals surface area contributed by atoms with Gasteiger partial charge in [0.25, 0.3) is 0 Å². The molecule has 1 saturated heterocycles. The number of carbonyl (C=O) groups is 3. The first kappa shape index (κ1) is 25.3. The number of hydrogen-bond acceptors (Lipinski definition) is 4. The fraction of sp³-hybridized carbons (Fsp3) is 0.370. The van der Waals surface area contributed by atoms with E-state index in [4.69, 9.17) is 27.9 Å². The first-order chi connectivity index (χ1) is 16.3. The van der Waals surface area contributed by atoms with Crippen LogP contribution in [0.4, 0.5) is 5.69 Å². The molecule has 0 aromatic heterocycles. The van der Waals surface area contributed by atoms with Gasteiger partial charge in [-0.05, 0) is 63.1 Å². The molecular formula is C27H28Cl2N2O4.